The molecule has 0 saturated heterocycles. The molecule has 0 saturated carbocycles. The molecule has 0 radical (unpaired) electrons. The first-order chi connectivity index (χ1) is 20.3. The van der Waals surface area contributed by atoms with E-state index in [-0.39, 0.29) is 18.8 Å². The van der Waals surface area contributed by atoms with Crippen molar-refractivity contribution in [2.45, 2.75) is 82.6 Å². The number of aliphatic hydroxyl groups is 1. The smallest absolute Gasteiger partial charge is 0.328 e. The van der Waals surface area contributed by atoms with Crippen molar-refractivity contribution >= 4 is 35.6 Å². The lowest BCUT2D eigenvalue weighted by Crippen LogP contribution is -2.59. The Bertz CT molecular complexity index is 1090. The number of aliphatic hydroxyl groups excluding tert-OH is 1. The Labute approximate surface area is 250 Å². The predicted molar refractivity (Wildman–Crippen MR) is 155 cm³/mol. The van der Waals surface area contributed by atoms with Crippen LogP contribution in [0.3, 0.4) is 0 Å². The fraction of sp³-hybridized carbons (Fsp3) is 0.571. The maximum Gasteiger partial charge on any atom is 0.328 e. The molecule has 43 heavy (non-hydrogen) atoms. The number of unbranched alkanes of at least 4 members (excludes halogenated alkanes) is 1. The van der Waals surface area contributed by atoms with Gasteiger partial charge in [0, 0.05) is 6.42 Å². The van der Waals surface area contributed by atoms with Crippen molar-refractivity contribution in [3.8, 4) is 0 Å². The van der Waals surface area contributed by atoms with Gasteiger partial charge in [-0.3, -0.25) is 24.0 Å². The number of carbonyl (C=O) groups is 6. The zero-order valence-electron chi connectivity index (χ0n) is 24.5. The molecule has 6 atom stereocenters. The lowest BCUT2D eigenvalue weighted by atomic mass is 9.99. The quantitative estimate of drug-likeness (QED) is 0.0747. The van der Waals surface area contributed by atoms with Gasteiger partial charge in [0.1, 0.15) is 24.2 Å². The molecule has 0 unspecified atom stereocenters. The normalized spacial score (nSPS) is 15.1. The minimum absolute atomic E-state index is 0.0507. The minimum atomic E-state index is -1.62. The van der Waals surface area contributed by atoms with Crippen molar-refractivity contribution in [1.29, 1.82) is 0 Å². The molecule has 0 aliphatic rings. The second kappa shape index (κ2) is 19.2. The van der Waals surface area contributed by atoms with Crippen LogP contribution < -0.4 is 32.7 Å². The predicted octanol–water partition coefficient (Wildman–Crippen LogP) is -1.78. The molecular formula is C28H44N6O9. The summed E-state index contributed by atoms with van der Waals surface area (Å²) < 4.78 is 0. The van der Waals surface area contributed by atoms with Gasteiger partial charge in [-0.15, -0.1) is 0 Å². The molecule has 15 heteroatoms. The number of carboxylic acid groups (broad SMARTS) is 2. The van der Waals surface area contributed by atoms with Gasteiger partial charge in [0.2, 0.25) is 23.6 Å². The van der Waals surface area contributed by atoms with Crippen molar-refractivity contribution in [2.24, 2.45) is 17.4 Å². The average Bonchev–Trinajstić information content (AvgIpc) is 2.97. The molecule has 0 aliphatic heterocycles. The molecule has 0 spiro atoms. The molecule has 1 aromatic rings. The number of hydrogen-bond acceptors (Lipinski definition) is 9. The number of carboxylic acids is 2. The van der Waals surface area contributed by atoms with Gasteiger partial charge in [-0.2, -0.15) is 0 Å². The topological polar surface area (TPSA) is 263 Å². The SMILES string of the molecule is CC[C@H](C)[C@H](N)C(=O)N[C@@H](CC(=O)O)C(=O)N[C@@H](CCCCN)C(=O)N[C@@H](Cc1ccccc1)C(=O)N[C@@H](CO)C(=O)O. The van der Waals surface area contributed by atoms with E-state index >= 15 is 0 Å². The zero-order valence-corrected chi connectivity index (χ0v) is 24.5. The van der Waals surface area contributed by atoms with Crippen molar-refractivity contribution in [3.63, 3.8) is 0 Å². The van der Waals surface area contributed by atoms with Gasteiger partial charge in [-0.1, -0.05) is 50.6 Å². The molecule has 4 amide bonds. The van der Waals surface area contributed by atoms with E-state index in [4.69, 9.17) is 11.5 Å². The summed E-state index contributed by atoms with van der Waals surface area (Å²) in [5, 5.41) is 37.5. The number of hydrogen-bond donors (Lipinski definition) is 9. The van der Waals surface area contributed by atoms with E-state index in [0.717, 1.165) is 0 Å². The summed E-state index contributed by atoms with van der Waals surface area (Å²) in [5.41, 5.74) is 12.1. The monoisotopic (exact) mass is 608 g/mol. The maximum atomic E-state index is 13.4. The summed E-state index contributed by atoms with van der Waals surface area (Å²) in [4.78, 5) is 75.1. The lowest BCUT2D eigenvalue weighted by molar-refractivity contribution is -0.143. The first-order valence-corrected chi connectivity index (χ1v) is 14.1. The summed E-state index contributed by atoms with van der Waals surface area (Å²) in [6.45, 7) is 2.96. The molecule has 1 rings (SSSR count). The second-order valence-corrected chi connectivity index (χ2v) is 10.2. The first kappa shape index (κ1) is 36.9. The molecule has 0 aromatic heterocycles. The third kappa shape index (κ3) is 13.2. The van der Waals surface area contributed by atoms with Gasteiger partial charge < -0.3 is 48.1 Å². The number of rotatable bonds is 20. The lowest BCUT2D eigenvalue weighted by Gasteiger charge is -2.26. The van der Waals surface area contributed by atoms with E-state index in [1.165, 1.54) is 0 Å². The van der Waals surface area contributed by atoms with E-state index in [9.17, 15) is 44.1 Å². The first-order valence-electron chi connectivity index (χ1n) is 14.1. The molecule has 0 fully saturated rings. The van der Waals surface area contributed by atoms with Crippen LogP contribution >= 0.6 is 0 Å². The molecule has 15 nitrogen and oxygen atoms in total. The maximum absolute atomic E-state index is 13.4. The van der Waals surface area contributed by atoms with Crippen molar-refractivity contribution < 1.29 is 44.1 Å². The highest BCUT2D eigenvalue weighted by molar-refractivity contribution is 5.96. The van der Waals surface area contributed by atoms with Crippen LogP contribution in [-0.2, 0) is 35.2 Å². The Hall–Kier alpha value is -4.08. The van der Waals surface area contributed by atoms with E-state index in [2.05, 4.69) is 21.3 Å². The summed E-state index contributed by atoms with van der Waals surface area (Å²) in [7, 11) is 0. The summed E-state index contributed by atoms with van der Waals surface area (Å²) in [5.74, 6) is -6.48. The van der Waals surface area contributed by atoms with Crippen LogP contribution in [-0.4, -0.2) is 94.2 Å². The van der Waals surface area contributed by atoms with Gasteiger partial charge in [-0.05, 0) is 37.3 Å². The van der Waals surface area contributed by atoms with E-state index < -0.39 is 78.8 Å². The molecule has 11 N–H and O–H groups in total. The fourth-order valence-electron chi connectivity index (χ4n) is 3.99. The van der Waals surface area contributed by atoms with Gasteiger partial charge in [-0.25, -0.2) is 4.79 Å². The fourth-order valence-corrected chi connectivity index (χ4v) is 3.99. The Morgan fingerprint density at radius 3 is 1.86 bits per heavy atom. The number of carbonyl (C=O) groups excluding carboxylic acids is 4. The van der Waals surface area contributed by atoms with Crippen molar-refractivity contribution in [2.75, 3.05) is 13.2 Å². The Balaban J connectivity index is 3.23. The number of benzene rings is 1. The van der Waals surface area contributed by atoms with E-state index in [0.29, 0.717) is 31.4 Å². The number of nitrogens with one attached hydrogen (secondary N) is 4. The van der Waals surface area contributed by atoms with Crippen LogP contribution in [0.2, 0.25) is 0 Å². The molecule has 1 aromatic carbocycles. The standard InChI is InChI=1S/C28H44N6O9/c1-3-16(2)23(30)27(41)33-20(14-22(36)37)26(40)31-18(11-7-8-12-29)24(38)32-19(13-17-9-5-4-6-10-17)25(39)34-21(15-35)28(42)43/h4-6,9-10,16,18-21,23,35H,3,7-8,11-15,29-30H2,1-2H3,(H,31,40)(H,32,38)(H,33,41)(H,34,39)(H,36,37)(H,42,43)/t16-,18-,19-,20-,21-,23-/m0/s1. The minimum Gasteiger partial charge on any atom is -0.481 e. The molecule has 0 bridgehead atoms. The average molecular weight is 609 g/mol. The van der Waals surface area contributed by atoms with Crippen molar-refractivity contribution in [3.05, 3.63) is 35.9 Å². The Morgan fingerprint density at radius 2 is 1.33 bits per heavy atom. The van der Waals surface area contributed by atoms with Crippen LogP contribution in [0.25, 0.3) is 0 Å². The molecule has 0 aliphatic carbocycles. The summed E-state index contributed by atoms with van der Waals surface area (Å²) in [6.07, 6.45) is 0.664. The highest BCUT2D eigenvalue weighted by Crippen LogP contribution is 2.09. The van der Waals surface area contributed by atoms with Crippen LogP contribution in [0.5, 0.6) is 0 Å². The van der Waals surface area contributed by atoms with E-state index in [1.807, 2.05) is 6.92 Å². The number of amides is 4. The van der Waals surface area contributed by atoms with Gasteiger partial charge in [0.05, 0.1) is 19.1 Å². The Morgan fingerprint density at radius 1 is 0.791 bits per heavy atom. The molecule has 0 heterocycles. The van der Waals surface area contributed by atoms with Crippen LogP contribution in [0.15, 0.2) is 30.3 Å². The second-order valence-electron chi connectivity index (χ2n) is 10.2. The van der Waals surface area contributed by atoms with Crippen LogP contribution in [0.1, 0.15) is 51.5 Å². The molecule has 240 valence electrons. The van der Waals surface area contributed by atoms with Crippen LogP contribution in [0, 0.1) is 5.92 Å². The van der Waals surface area contributed by atoms with Gasteiger partial charge in [0.15, 0.2) is 0 Å². The highest BCUT2D eigenvalue weighted by Gasteiger charge is 2.33. The summed E-state index contributed by atoms with van der Waals surface area (Å²) >= 11 is 0. The number of aliphatic carboxylic acids is 2. The summed E-state index contributed by atoms with van der Waals surface area (Å²) in [6, 6.07) is 1.81. The van der Waals surface area contributed by atoms with Crippen molar-refractivity contribution in [1.82, 2.24) is 21.3 Å². The van der Waals surface area contributed by atoms with Gasteiger partial charge in [0.25, 0.3) is 0 Å². The van der Waals surface area contributed by atoms with Gasteiger partial charge >= 0.3 is 11.9 Å². The molecular weight excluding hydrogens is 564 g/mol. The van der Waals surface area contributed by atoms with E-state index in [1.54, 1.807) is 37.3 Å². The van der Waals surface area contributed by atoms with Crippen LogP contribution in [0.4, 0.5) is 0 Å². The Kier molecular flexibility index (Phi) is 16.5. The third-order valence-electron chi connectivity index (χ3n) is 6.86. The third-order valence-corrected chi connectivity index (χ3v) is 6.86. The highest BCUT2D eigenvalue weighted by atomic mass is 16.4. The zero-order chi connectivity index (χ0) is 32.5. The largest absolute Gasteiger partial charge is 0.481 e. The number of nitrogens with two attached hydrogens (primary N) is 2.